The van der Waals surface area contributed by atoms with Gasteiger partial charge in [0.05, 0.1) is 40.4 Å². The SMILES string of the molecule is [2H]c1c([2H])c([2H])c(N2C(c3ccc(-c4cc(-c5ccc(-c6ccccc6)cc5)cc(-c5ccc(C6=NC(C)(C)C(C)(C)N6c6ccccc6)cc5)n4)cc3)=NC(C)(C)C2(C)C)c([2H])c1[2H]. The van der Waals surface area contributed by atoms with E-state index >= 15 is 0 Å². The lowest BCUT2D eigenvalue weighted by Gasteiger charge is -2.41. The molecule has 1 aromatic heterocycles. The molecule has 0 spiro atoms. The van der Waals surface area contributed by atoms with Gasteiger partial charge in [0.15, 0.2) is 0 Å². The molecule has 6 aromatic carbocycles. The van der Waals surface area contributed by atoms with Gasteiger partial charge in [-0.25, -0.2) is 4.98 Å². The van der Waals surface area contributed by atoms with E-state index in [1.807, 2.05) is 69.0 Å². The number of rotatable bonds is 8. The average Bonchev–Trinajstić information content (AvgIpc) is 3.62. The number of benzene rings is 6. The van der Waals surface area contributed by atoms with Gasteiger partial charge in [-0.2, -0.15) is 0 Å². The first-order valence-corrected chi connectivity index (χ1v) is 20.6. The van der Waals surface area contributed by atoms with E-state index in [-0.39, 0.29) is 40.9 Å². The number of hydrogen-bond donors (Lipinski definition) is 0. The molecule has 0 aliphatic carbocycles. The molecule has 7 aromatic rings. The maximum Gasteiger partial charge on any atom is 0.136 e. The summed E-state index contributed by atoms with van der Waals surface area (Å²) in [4.78, 5) is 19.9. The highest BCUT2D eigenvalue weighted by atomic mass is 15.3. The predicted molar refractivity (Wildman–Crippen MR) is 253 cm³/mol. The van der Waals surface area contributed by atoms with Crippen LogP contribution < -0.4 is 9.80 Å². The first kappa shape index (κ1) is 33.3. The number of aliphatic imine (C=N–C) groups is 2. The molecule has 298 valence electrons. The van der Waals surface area contributed by atoms with E-state index in [2.05, 4.69) is 142 Å². The Kier molecular flexibility index (Phi) is 8.09. The molecule has 0 saturated carbocycles. The van der Waals surface area contributed by atoms with Crippen LogP contribution in [0.4, 0.5) is 11.4 Å². The fourth-order valence-corrected chi connectivity index (χ4v) is 8.19. The van der Waals surface area contributed by atoms with E-state index in [4.69, 9.17) is 21.8 Å². The molecule has 5 heteroatoms. The van der Waals surface area contributed by atoms with Crippen molar-refractivity contribution in [3.8, 4) is 44.8 Å². The zero-order chi connectivity index (χ0) is 46.2. The minimum absolute atomic E-state index is 0.109. The number of nitrogens with zero attached hydrogens (tertiary/aromatic N) is 5. The van der Waals surface area contributed by atoms with Crippen LogP contribution in [0.5, 0.6) is 0 Å². The first-order chi connectivity index (χ1) is 30.8. The summed E-state index contributed by atoms with van der Waals surface area (Å²) in [6.45, 7) is 16.9. The van der Waals surface area contributed by atoms with E-state index in [0.29, 0.717) is 5.84 Å². The smallest absolute Gasteiger partial charge is 0.136 e. The Morgan fingerprint density at radius 2 is 0.750 bits per heavy atom. The summed E-state index contributed by atoms with van der Waals surface area (Å²) in [5, 5.41) is 0. The van der Waals surface area contributed by atoms with Gasteiger partial charge < -0.3 is 9.80 Å². The molecule has 0 unspecified atom stereocenters. The third kappa shape index (κ3) is 6.72. The van der Waals surface area contributed by atoms with Gasteiger partial charge >= 0.3 is 0 Å². The van der Waals surface area contributed by atoms with Gasteiger partial charge in [0, 0.05) is 33.6 Å². The molecular formula is C55H53N5. The Morgan fingerprint density at radius 3 is 1.22 bits per heavy atom. The molecular weight excluding hydrogens is 731 g/mol. The van der Waals surface area contributed by atoms with Crippen molar-refractivity contribution >= 4 is 23.0 Å². The van der Waals surface area contributed by atoms with Crippen LogP contribution in [0.15, 0.2) is 186 Å². The molecule has 5 nitrogen and oxygen atoms in total. The summed E-state index contributed by atoms with van der Waals surface area (Å²) in [6, 6.07) is 48.6. The zero-order valence-electron chi connectivity index (χ0n) is 40.6. The van der Waals surface area contributed by atoms with Gasteiger partial charge in [-0.3, -0.25) is 9.98 Å². The molecule has 60 heavy (non-hydrogen) atoms. The number of hydrogen-bond acceptors (Lipinski definition) is 5. The van der Waals surface area contributed by atoms with Crippen molar-refractivity contribution in [3.63, 3.8) is 0 Å². The Bertz CT molecular complexity index is 2980. The lowest BCUT2D eigenvalue weighted by Crippen LogP contribution is -2.53. The summed E-state index contributed by atoms with van der Waals surface area (Å²) in [7, 11) is 0. The van der Waals surface area contributed by atoms with Gasteiger partial charge in [0.1, 0.15) is 11.7 Å². The maximum atomic E-state index is 8.89. The van der Waals surface area contributed by atoms with Crippen molar-refractivity contribution in [1.29, 1.82) is 0 Å². The maximum absolute atomic E-state index is 8.89. The fraction of sp³-hybridized carbons (Fsp3) is 0.218. The quantitative estimate of drug-likeness (QED) is 0.154. The molecule has 0 atom stereocenters. The topological polar surface area (TPSA) is 44.1 Å². The number of amidine groups is 2. The molecule has 0 saturated heterocycles. The summed E-state index contributed by atoms with van der Waals surface area (Å²) >= 11 is 0. The Hall–Kier alpha value is -6.59. The second kappa shape index (κ2) is 14.6. The largest absolute Gasteiger partial charge is 0.318 e. The van der Waals surface area contributed by atoms with Gasteiger partial charge in [0.2, 0.25) is 0 Å². The van der Waals surface area contributed by atoms with Gasteiger partial charge in [-0.1, -0.05) is 139 Å². The third-order valence-corrected chi connectivity index (χ3v) is 13.1. The van der Waals surface area contributed by atoms with Gasteiger partial charge in [-0.15, -0.1) is 0 Å². The standard InChI is InChI=1S/C55H53N5/c1-52(2)54(5,6)59(46-20-14-10-15-21-46)50(57-52)43-32-28-41(29-33-43)48-36-45(40-26-24-39(25-27-40)38-18-12-9-13-19-38)37-49(56-48)42-30-34-44(35-31-42)51-58-53(3,4)55(7,8)60(51)47-22-16-11-17-23-47/h9-37H,1-8H3/i10D,14D,15D,20D,21D. The van der Waals surface area contributed by atoms with Crippen molar-refractivity contribution < 1.29 is 6.85 Å². The van der Waals surface area contributed by atoms with Crippen molar-refractivity contribution in [2.45, 2.75) is 77.5 Å². The van der Waals surface area contributed by atoms with E-state index in [0.717, 1.165) is 67.4 Å². The van der Waals surface area contributed by atoms with E-state index in [9.17, 15) is 0 Å². The lowest BCUT2D eigenvalue weighted by atomic mass is 9.83. The van der Waals surface area contributed by atoms with Crippen LogP contribution in [-0.4, -0.2) is 38.8 Å². The summed E-state index contributed by atoms with van der Waals surface area (Å²) in [5.41, 5.74) is 8.85. The highest BCUT2D eigenvalue weighted by molar-refractivity contribution is 6.14. The molecule has 9 rings (SSSR count). The van der Waals surface area contributed by atoms with E-state index in [1.54, 1.807) is 0 Å². The predicted octanol–water partition coefficient (Wildman–Crippen LogP) is 13.4. The molecule has 0 fully saturated rings. The molecule has 0 N–H and O–H groups in total. The van der Waals surface area contributed by atoms with Crippen LogP contribution in [0.3, 0.4) is 0 Å². The Morgan fingerprint density at radius 1 is 0.383 bits per heavy atom. The molecule has 2 aliphatic heterocycles. The molecule has 0 amide bonds. The lowest BCUT2D eigenvalue weighted by molar-refractivity contribution is 0.338. The van der Waals surface area contributed by atoms with Crippen LogP contribution >= 0.6 is 0 Å². The number of aromatic nitrogens is 1. The van der Waals surface area contributed by atoms with Crippen molar-refractivity contribution in [2.24, 2.45) is 9.98 Å². The first-order valence-electron chi connectivity index (χ1n) is 23.1. The minimum Gasteiger partial charge on any atom is -0.318 e. The second-order valence-electron chi connectivity index (χ2n) is 17.8. The monoisotopic (exact) mass is 788 g/mol. The normalized spacial score (nSPS) is 18.5. The zero-order valence-corrected chi connectivity index (χ0v) is 35.6. The van der Waals surface area contributed by atoms with Crippen LogP contribution in [0, 0.1) is 0 Å². The van der Waals surface area contributed by atoms with Crippen molar-refractivity contribution in [1.82, 2.24) is 4.98 Å². The molecule has 0 bridgehead atoms. The summed E-state index contributed by atoms with van der Waals surface area (Å²) < 4.78 is 42.9. The van der Waals surface area contributed by atoms with E-state index in [1.165, 1.54) is 0 Å². The van der Waals surface area contributed by atoms with Crippen LogP contribution in [-0.2, 0) is 0 Å². The van der Waals surface area contributed by atoms with Crippen LogP contribution in [0.1, 0.15) is 73.4 Å². The summed E-state index contributed by atoms with van der Waals surface area (Å²) in [5.74, 6) is 1.47. The molecule has 0 radical (unpaired) electrons. The molecule has 3 heterocycles. The third-order valence-electron chi connectivity index (χ3n) is 13.1. The minimum atomic E-state index is -0.734. The van der Waals surface area contributed by atoms with Crippen LogP contribution in [0.2, 0.25) is 0 Å². The molecule has 2 aliphatic rings. The fourth-order valence-electron chi connectivity index (χ4n) is 8.19. The average molecular weight is 789 g/mol. The van der Waals surface area contributed by atoms with E-state index < -0.39 is 17.1 Å². The number of anilines is 2. The number of para-hydroxylation sites is 2. The number of pyridine rings is 1. The van der Waals surface area contributed by atoms with Crippen LogP contribution in [0.25, 0.3) is 44.8 Å². The Balaban J connectivity index is 1.12. The van der Waals surface area contributed by atoms with Gasteiger partial charge in [-0.05, 0) is 114 Å². The Labute approximate surface area is 362 Å². The van der Waals surface area contributed by atoms with Crippen molar-refractivity contribution in [3.05, 3.63) is 187 Å². The highest BCUT2D eigenvalue weighted by Gasteiger charge is 2.50. The van der Waals surface area contributed by atoms with Crippen molar-refractivity contribution in [2.75, 3.05) is 9.80 Å². The highest BCUT2D eigenvalue weighted by Crippen LogP contribution is 2.44. The second-order valence-corrected chi connectivity index (χ2v) is 17.8. The summed E-state index contributed by atoms with van der Waals surface area (Å²) in [6.07, 6.45) is 0. The van der Waals surface area contributed by atoms with Gasteiger partial charge in [0.25, 0.3) is 0 Å².